The van der Waals surface area contributed by atoms with E-state index in [0.717, 1.165) is 4.90 Å². The highest BCUT2D eigenvalue weighted by atomic mass is 35.5. The molecule has 1 aromatic heterocycles. The molecule has 0 bridgehead atoms. The van der Waals surface area contributed by atoms with Crippen LogP contribution in [0.15, 0.2) is 47.0 Å². The fourth-order valence-electron chi connectivity index (χ4n) is 4.18. The molecule has 3 aromatic rings. The Morgan fingerprint density at radius 1 is 1.26 bits per heavy atom. The zero-order valence-corrected chi connectivity index (χ0v) is 21.6. The standard InChI is InChI=1S/C26H27ClF2N6O3/c1-15(2)32-21-11-17(3-4-18(21)12-30)23-33-25(38-34-23)20-9-10-35(14-26(20,28)29)22(36)13-31-24(37)16-5-7-19(27)8-6-16/h3-8,11-12,15,20,30,32H,9-10,13-14H2,1-2H3,(H,31,37). The number of halogens is 3. The van der Waals surface area contributed by atoms with E-state index >= 15 is 8.78 Å². The fraction of sp³-hybridized carbons (Fsp3) is 0.346. The quantitative estimate of drug-likeness (QED) is 0.356. The van der Waals surface area contributed by atoms with E-state index in [0.29, 0.717) is 27.4 Å². The molecule has 38 heavy (non-hydrogen) atoms. The summed E-state index contributed by atoms with van der Waals surface area (Å²) in [5, 5.41) is 17.6. The van der Waals surface area contributed by atoms with E-state index in [1.807, 2.05) is 13.8 Å². The van der Waals surface area contributed by atoms with Gasteiger partial charge in [-0.15, -0.1) is 0 Å². The van der Waals surface area contributed by atoms with E-state index in [1.54, 1.807) is 30.3 Å². The lowest BCUT2D eigenvalue weighted by Gasteiger charge is -2.36. The van der Waals surface area contributed by atoms with Gasteiger partial charge in [0.25, 0.3) is 11.8 Å². The smallest absolute Gasteiger partial charge is 0.276 e. The SMILES string of the molecule is CC(C)Nc1cc(-c2noc(C3CCN(C(=O)CNC(=O)c4ccc(Cl)cc4)CC3(F)F)n2)ccc1C=N. The Labute approximate surface area is 223 Å². The van der Waals surface area contributed by atoms with Crippen LogP contribution >= 0.6 is 11.6 Å². The van der Waals surface area contributed by atoms with E-state index in [2.05, 4.69) is 20.8 Å². The minimum atomic E-state index is -3.31. The summed E-state index contributed by atoms with van der Waals surface area (Å²) in [5.74, 6) is -5.84. The van der Waals surface area contributed by atoms with E-state index in [1.165, 1.54) is 18.3 Å². The number of amides is 2. The molecular formula is C26H27ClF2N6O3. The number of carbonyl (C=O) groups excluding carboxylic acids is 2. The third-order valence-corrected chi connectivity index (χ3v) is 6.36. The Bertz CT molecular complexity index is 1330. The van der Waals surface area contributed by atoms with Crippen molar-refractivity contribution in [3.8, 4) is 11.4 Å². The van der Waals surface area contributed by atoms with E-state index in [4.69, 9.17) is 21.5 Å². The number of hydrogen-bond acceptors (Lipinski definition) is 7. The van der Waals surface area contributed by atoms with Gasteiger partial charge in [0.1, 0.15) is 5.92 Å². The summed E-state index contributed by atoms with van der Waals surface area (Å²) < 4.78 is 35.5. The van der Waals surface area contributed by atoms with Crippen LogP contribution in [-0.2, 0) is 4.79 Å². The largest absolute Gasteiger partial charge is 0.382 e. The van der Waals surface area contributed by atoms with E-state index < -0.39 is 36.7 Å². The van der Waals surface area contributed by atoms with Crippen molar-refractivity contribution >= 4 is 35.3 Å². The summed E-state index contributed by atoms with van der Waals surface area (Å²) in [6.45, 7) is 2.72. The predicted octanol–water partition coefficient (Wildman–Crippen LogP) is 4.59. The van der Waals surface area contributed by atoms with Crippen LogP contribution in [0.3, 0.4) is 0 Å². The lowest BCUT2D eigenvalue weighted by Crippen LogP contribution is -2.52. The van der Waals surface area contributed by atoms with Crippen LogP contribution < -0.4 is 10.6 Å². The van der Waals surface area contributed by atoms with Crippen molar-refractivity contribution < 1.29 is 22.9 Å². The van der Waals surface area contributed by atoms with Crippen molar-refractivity contribution in [3.63, 3.8) is 0 Å². The highest BCUT2D eigenvalue weighted by Crippen LogP contribution is 2.40. The Morgan fingerprint density at radius 3 is 2.66 bits per heavy atom. The van der Waals surface area contributed by atoms with Crippen LogP contribution in [-0.4, -0.2) is 64.7 Å². The number of nitrogens with zero attached hydrogens (tertiary/aromatic N) is 3. The first kappa shape index (κ1) is 27.2. The molecule has 1 aliphatic rings. The van der Waals surface area contributed by atoms with Gasteiger partial charge in [0.15, 0.2) is 0 Å². The zero-order valence-electron chi connectivity index (χ0n) is 20.8. The number of hydrogen-bond donors (Lipinski definition) is 3. The van der Waals surface area contributed by atoms with Gasteiger partial charge in [-0.1, -0.05) is 28.9 Å². The fourth-order valence-corrected chi connectivity index (χ4v) is 4.31. The molecule has 2 aromatic carbocycles. The van der Waals surface area contributed by atoms with Gasteiger partial charge in [-0.3, -0.25) is 9.59 Å². The first-order valence-corrected chi connectivity index (χ1v) is 12.4. The molecule has 0 spiro atoms. The maximum absolute atomic E-state index is 15.1. The molecule has 0 radical (unpaired) electrons. The second-order valence-electron chi connectivity index (χ2n) is 9.31. The van der Waals surface area contributed by atoms with Crippen molar-refractivity contribution in [2.24, 2.45) is 0 Å². The monoisotopic (exact) mass is 544 g/mol. The molecule has 1 atom stereocenters. The number of aromatic nitrogens is 2. The first-order chi connectivity index (χ1) is 18.1. The molecule has 1 unspecified atom stereocenters. The Hall–Kier alpha value is -3.86. The van der Waals surface area contributed by atoms with Crippen LogP contribution in [0, 0.1) is 5.41 Å². The summed E-state index contributed by atoms with van der Waals surface area (Å²) in [6, 6.07) is 11.4. The van der Waals surface area contributed by atoms with Crippen LogP contribution in [0.2, 0.25) is 5.02 Å². The van der Waals surface area contributed by atoms with E-state index in [9.17, 15) is 9.59 Å². The topological polar surface area (TPSA) is 124 Å². The number of carbonyl (C=O) groups is 2. The minimum absolute atomic E-state index is 0.0457. The van der Waals surface area contributed by atoms with Crippen LogP contribution in [0.5, 0.6) is 0 Å². The number of anilines is 1. The van der Waals surface area contributed by atoms with Gasteiger partial charge in [0.2, 0.25) is 17.6 Å². The lowest BCUT2D eigenvalue weighted by molar-refractivity contribution is -0.144. The van der Waals surface area contributed by atoms with Crippen molar-refractivity contribution in [2.45, 2.75) is 38.2 Å². The molecule has 12 heteroatoms. The summed E-state index contributed by atoms with van der Waals surface area (Å²) in [5.41, 5.74) is 2.22. The van der Waals surface area contributed by atoms with Gasteiger partial charge in [-0.25, -0.2) is 8.78 Å². The highest BCUT2D eigenvalue weighted by Gasteiger charge is 2.49. The summed E-state index contributed by atoms with van der Waals surface area (Å²) in [4.78, 5) is 30.0. The third-order valence-electron chi connectivity index (χ3n) is 6.11. The summed E-state index contributed by atoms with van der Waals surface area (Å²) in [7, 11) is 0. The van der Waals surface area contributed by atoms with Gasteiger partial charge in [0, 0.05) is 46.2 Å². The molecule has 2 amide bonds. The Kier molecular flexibility index (Phi) is 8.05. The molecule has 0 aliphatic carbocycles. The highest BCUT2D eigenvalue weighted by molar-refractivity contribution is 6.30. The number of alkyl halides is 2. The third kappa shape index (κ3) is 6.16. The maximum atomic E-state index is 15.1. The number of benzene rings is 2. The second kappa shape index (κ2) is 11.3. The molecular weight excluding hydrogens is 518 g/mol. The van der Waals surface area contributed by atoms with Crippen molar-refractivity contribution in [1.29, 1.82) is 5.41 Å². The molecule has 200 valence electrons. The summed E-state index contributed by atoms with van der Waals surface area (Å²) >= 11 is 5.81. The normalized spacial score (nSPS) is 16.8. The molecule has 9 nitrogen and oxygen atoms in total. The number of piperidine rings is 1. The van der Waals surface area contributed by atoms with Gasteiger partial charge < -0.3 is 25.5 Å². The number of likely N-dealkylation sites (tertiary alicyclic amines) is 1. The number of rotatable bonds is 8. The second-order valence-corrected chi connectivity index (χ2v) is 9.75. The maximum Gasteiger partial charge on any atom is 0.276 e. The van der Waals surface area contributed by atoms with Gasteiger partial charge in [-0.05, 0) is 50.6 Å². The Balaban J connectivity index is 1.40. The average Bonchev–Trinajstić information content (AvgIpc) is 3.36. The molecule has 3 N–H and O–H groups in total. The molecule has 4 rings (SSSR count). The molecule has 1 saturated heterocycles. The zero-order chi connectivity index (χ0) is 27.4. The van der Waals surface area contributed by atoms with Crippen LogP contribution in [0.1, 0.15) is 48.0 Å². The van der Waals surface area contributed by atoms with Crippen molar-refractivity contribution in [1.82, 2.24) is 20.4 Å². The summed E-state index contributed by atoms with van der Waals surface area (Å²) in [6.07, 6.45) is 1.13. The predicted molar refractivity (Wildman–Crippen MR) is 139 cm³/mol. The Morgan fingerprint density at radius 2 is 2.00 bits per heavy atom. The molecule has 0 saturated carbocycles. The van der Waals surface area contributed by atoms with Crippen LogP contribution in [0.25, 0.3) is 11.4 Å². The van der Waals surface area contributed by atoms with Gasteiger partial charge >= 0.3 is 0 Å². The molecule has 2 heterocycles. The van der Waals surface area contributed by atoms with Crippen molar-refractivity contribution in [2.75, 3.05) is 25.0 Å². The van der Waals surface area contributed by atoms with E-state index in [-0.39, 0.29) is 30.7 Å². The number of nitrogens with one attached hydrogen (secondary N) is 3. The first-order valence-electron chi connectivity index (χ1n) is 12.0. The average molecular weight is 545 g/mol. The van der Waals surface area contributed by atoms with Crippen LogP contribution in [0.4, 0.5) is 14.5 Å². The van der Waals surface area contributed by atoms with Gasteiger partial charge in [0.05, 0.1) is 13.1 Å². The lowest BCUT2D eigenvalue weighted by atomic mass is 9.92. The molecule has 1 fully saturated rings. The van der Waals surface area contributed by atoms with Crippen molar-refractivity contribution in [3.05, 3.63) is 64.5 Å². The molecule has 1 aliphatic heterocycles. The van der Waals surface area contributed by atoms with Gasteiger partial charge in [-0.2, -0.15) is 4.98 Å². The minimum Gasteiger partial charge on any atom is -0.382 e.